The van der Waals surface area contributed by atoms with Gasteiger partial charge in [0.05, 0.1) is 30.7 Å². The number of methoxy groups -OCH3 is 2. The molecule has 0 aliphatic carbocycles. The van der Waals surface area contributed by atoms with Crippen molar-refractivity contribution < 1.29 is 18.7 Å². The van der Waals surface area contributed by atoms with E-state index in [0.717, 1.165) is 5.52 Å². The summed E-state index contributed by atoms with van der Waals surface area (Å²) in [5, 5.41) is 3.58. The van der Waals surface area contributed by atoms with E-state index < -0.39 is 0 Å². The summed E-state index contributed by atoms with van der Waals surface area (Å²) in [7, 11) is 3.02. The molecule has 0 spiro atoms. The lowest BCUT2D eigenvalue weighted by Crippen LogP contribution is -2.14. The van der Waals surface area contributed by atoms with Gasteiger partial charge in [-0.25, -0.2) is 4.98 Å². The third-order valence-electron chi connectivity index (χ3n) is 3.35. The summed E-state index contributed by atoms with van der Waals surface area (Å²) in [5.74, 6) is 0.838. The monoisotopic (exact) mass is 378 g/mol. The van der Waals surface area contributed by atoms with Crippen LogP contribution in [0, 0.1) is 0 Å². The highest BCUT2D eigenvalue weighted by molar-refractivity contribution is 7.99. The number of aromatic nitrogens is 1. The van der Waals surface area contributed by atoms with Crippen molar-refractivity contribution in [2.75, 3.05) is 25.3 Å². The second-order valence-corrected chi connectivity index (χ2v) is 6.31. The minimum Gasteiger partial charge on any atom is -0.495 e. The van der Waals surface area contributed by atoms with Crippen LogP contribution in [0.5, 0.6) is 11.5 Å². The van der Waals surface area contributed by atoms with E-state index in [4.69, 9.17) is 25.5 Å². The first-order valence-electron chi connectivity index (χ1n) is 7.30. The van der Waals surface area contributed by atoms with Crippen LogP contribution >= 0.6 is 23.4 Å². The summed E-state index contributed by atoms with van der Waals surface area (Å²) in [6, 6.07) is 10.6. The molecule has 1 N–H and O–H groups in total. The summed E-state index contributed by atoms with van der Waals surface area (Å²) in [6.45, 7) is 0. The van der Waals surface area contributed by atoms with Crippen molar-refractivity contribution in [1.82, 2.24) is 4.98 Å². The topological polar surface area (TPSA) is 73.6 Å². The molecule has 0 saturated heterocycles. The first kappa shape index (κ1) is 17.4. The Bertz CT molecular complexity index is 880. The van der Waals surface area contributed by atoms with Crippen LogP contribution in [0.25, 0.3) is 11.1 Å². The van der Waals surface area contributed by atoms with Gasteiger partial charge in [-0.2, -0.15) is 0 Å². The number of carbonyl (C=O) groups excluding carboxylic acids is 1. The molecular formula is C17H15ClN2O4S. The Morgan fingerprint density at radius 2 is 2.00 bits per heavy atom. The van der Waals surface area contributed by atoms with E-state index in [1.165, 1.54) is 26.0 Å². The Morgan fingerprint density at radius 3 is 2.72 bits per heavy atom. The third-order valence-corrected chi connectivity index (χ3v) is 4.47. The molecule has 0 atom stereocenters. The van der Waals surface area contributed by atoms with Crippen LogP contribution in [0.15, 0.2) is 46.0 Å². The normalized spacial score (nSPS) is 10.7. The molecule has 0 radical (unpaired) electrons. The predicted molar refractivity (Wildman–Crippen MR) is 97.9 cm³/mol. The summed E-state index contributed by atoms with van der Waals surface area (Å²) >= 11 is 7.31. The SMILES string of the molecule is COc1cc(OC)c(NC(=O)CSc2nc3ccccc3o2)cc1Cl. The van der Waals surface area contributed by atoms with Crippen molar-refractivity contribution in [3.05, 3.63) is 41.4 Å². The Hall–Kier alpha value is -2.38. The lowest BCUT2D eigenvalue weighted by Gasteiger charge is -2.12. The van der Waals surface area contributed by atoms with E-state index in [9.17, 15) is 4.79 Å². The van der Waals surface area contributed by atoms with Crippen LogP contribution in [0.1, 0.15) is 0 Å². The van der Waals surface area contributed by atoms with E-state index in [-0.39, 0.29) is 11.7 Å². The first-order valence-corrected chi connectivity index (χ1v) is 8.67. The largest absolute Gasteiger partial charge is 0.495 e. The first-order chi connectivity index (χ1) is 12.1. The van der Waals surface area contributed by atoms with E-state index in [0.29, 0.717) is 33.0 Å². The van der Waals surface area contributed by atoms with Crippen molar-refractivity contribution in [3.8, 4) is 11.5 Å². The molecule has 0 bridgehead atoms. The molecule has 3 aromatic rings. The molecule has 25 heavy (non-hydrogen) atoms. The molecule has 0 aliphatic heterocycles. The number of nitrogens with one attached hydrogen (secondary N) is 1. The van der Waals surface area contributed by atoms with E-state index in [2.05, 4.69) is 10.3 Å². The standard InChI is InChI=1S/C17H15ClN2O4S/c1-22-14-8-15(23-2)12(7-10(14)18)19-16(21)9-25-17-20-11-5-3-4-6-13(11)24-17/h3-8H,9H2,1-2H3,(H,19,21). The third kappa shape index (κ3) is 4.00. The number of benzene rings is 2. The van der Waals surface area contributed by atoms with Gasteiger partial charge >= 0.3 is 0 Å². The number of nitrogens with zero attached hydrogens (tertiary/aromatic N) is 1. The molecule has 1 heterocycles. The molecule has 130 valence electrons. The minimum absolute atomic E-state index is 0.139. The molecule has 1 amide bonds. The molecule has 0 saturated carbocycles. The second kappa shape index (κ2) is 7.67. The van der Waals surface area contributed by atoms with Crippen molar-refractivity contribution in [1.29, 1.82) is 0 Å². The number of amides is 1. The smallest absolute Gasteiger partial charge is 0.257 e. The number of rotatable bonds is 6. The van der Waals surface area contributed by atoms with Gasteiger partial charge in [0.15, 0.2) is 5.58 Å². The van der Waals surface area contributed by atoms with E-state index in [1.807, 2.05) is 24.3 Å². The molecule has 0 fully saturated rings. The van der Waals surface area contributed by atoms with E-state index >= 15 is 0 Å². The maximum atomic E-state index is 12.2. The Morgan fingerprint density at radius 1 is 1.24 bits per heavy atom. The average molecular weight is 379 g/mol. The summed E-state index contributed by atoms with van der Waals surface area (Å²) in [5.41, 5.74) is 1.92. The summed E-state index contributed by atoms with van der Waals surface area (Å²) < 4.78 is 16.0. The van der Waals surface area contributed by atoms with Crippen LogP contribution < -0.4 is 14.8 Å². The Kier molecular flexibility index (Phi) is 5.35. The molecule has 2 aromatic carbocycles. The molecule has 1 aromatic heterocycles. The lowest BCUT2D eigenvalue weighted by molar-refractivity contribution is -0.113. The fourth-order valence-electron chi connectivity index (χ4n) is 2.18. The van der Waals surface area contributed by atoms with Crippen LogP contribution in [0.2, 0.25) is 5.02 Å². The van der Waals surface area contributed by atoms with Crippen LogP contribution in [-0.2, 0) is 4.79 Å². The number of halogens is 1. The fraction of sp³-hybridized carbons (Fsp3) is 0.176. The van der Waals surface area contributed by atoms with Crippen molar-refractivity contribution in [3.63, 3.8) is 0 Å². The van der Waals surface area contributed by atoms with Crippen LogP contribution in [0.3, 0.4) is 0 Å². The zero-order chi connectivity index (χ0) is 17.8. The molecule has 8 heteroatoms. The van der Waals surface area contributed by atoms with Gasteiger partial charge in [-0.15, -0.1) is 0 Å². The van der Waals surface area contributed by atoms with Gasteiger partial charge in [-0.05, 0) is 18.2 Å². The molecule has 0 aliphatic rings. The number of anilines is 1. The highest BCUT2D eigenvalue weighted by Crippen LogP contribution is 2.36. The summed E-state index contributed by atoms with van der Waals surface area (Å²) in [4.78, 5) is 16.5. The van der Waals surface area contributed by atoms with Gasteiger partial charge in [-0.3, -0.25) is 4.79 Å². The fourth-order valence-corrected chi connectivity index (χ4v) is 3.06. The molecular weight excluding hydrogens is 364 g/mol. The number of fused-ring (bicyclic) bond motifs is 1. The number of para-hydroxylation sites is 2. The highest BCUT2D eigenvalue weighted by Gasteiger charge is 2.14. The van der Waals surface area contributed by atoms with Gasteiger partial charge in [0.25, 0.3) is 5.22 Å². The van der Waals surface area contributed by atoms with Crippen LogP contribution in [0.4, 0.5) is 5.69 Å². The number of thioether (sulfide) groups is 1. The number of hydrogen-bond donors (Lipinski definition) is 1. The van der Waals surface area contributed by atoms with Gasteiger partial charge < -0.3 is 19.2 Å². The molecule has 3 rings (SSSR count). The maximum Gasteiger partial charge on any atom is 0.257 e. The molecule has 0 unspecified atom stereocenters. The van der Waals surface area contributed by atoms with Crippen molar-refractivity contribution >= 4 is 46.1 Å². The van der Waals surface area contributed by atoms with Gasteiger partial charge in [0.1, 0.15) is 17.0 Å². The minimum atomic E-state index is -0.230. The Labute approximate surface area is 153 Å². The van der Waals surface area contributed by atoms with Gasteiger partial charge in [0, 0.05) is 6.07 Å². The van der Waals surface area contributed by atoms with Crippen LogP contribution in [-0.4, -0.2) is 30.9 Å². The highest BCUT2D eigenvalue weighted by atomic mass is 35.5. The zero-order valence-electron chi connectivity index (χ0n) is 13.5. The maximum absolute atomic E-state index is 12.2. The number of ether oxygens (including phenoxy) is 2. The molecule has 6 nitrogen and oxygen atoms in total. The second-order valence-electron chi connectivity index (χ2n) is 4.97. The van der Waals surface area contributed by atoms with Crippen molar-refractivity contribution in [2.45, 2.75) is 5.22 Å². The number of hydrogen-bond acceptors (Lipinski definition) is 6. The quantitative estimate of drug-likeness (QED) is 0.647. The zero-order valence-corrected chi connectivity index (χ0v) is 15.1. The predicted octanol–water partition coefficient (Wildman–Crippen LogP) is 4.23. The van der Waals surface area contributed by atoms with Gasteiger partial charge in [-0.1, -0.05) is 35.5 Å². The number of oxazole rings is 1. The Balaban J connectivity index is 1.67. The summed E-state index contributed by atoms with van der Waals surface area (Å²) in [6.07, 6.45) is 0. The average Bonchev–Trinajstić information content (AvgIpc) is 3.03. The van der Waals surface area contributed by atoms with Gasteiger partial charge in [0.2, 0.25) is 5.91 Å². The van der Waals surface area contributed by atoms with Crippen molar-refractivity contribution in [2.24, 2.45) is 0 Å². The number of carbonyl (C=O) groups is 1. The lowest BCUT2D eigenvalue weighted by atomic mass is 10.2. The van der Waals surface area contributed by atoms with E-state index in [1.54, 1.807) is 12.1 Å².